The van der Waals surface area contributed by atoms with Gasteiger partial charge in [-0.05, 0) is 32.2 Å². The summed E-state index contributed by atoms with van der Waals surface area (Å²) >= 11 is 0. The van der Waals surface area contributed by atoms with Crippen molar-refractivity contribution in [2.75, 3.05) is 13.6 Å². The number of hydrogen-bond donors (Lipinski definition) is 3. The molecular formula is C11H21N3O2. The Morgan fingerprint density at radius 1 is 1.50 bits per heavy atom. The predicted molar refractivity (Wildman–Crippen MR) is 62.0 cm³/mol. The maximum Gasteiger partial charge on any atom is 0.312 e. The fourth-order valence-electron chi connectivity index (χ4n) is 2.28. The number of hydrogen-bond acceptors (Lipinski definition) is 3. The average Bonchev–Trinajstić information content (AvgIpc) is 2.21. The molecule has 16 heavy (non-hydrogen) atoms. The normalized spacial score (nSPS) is 19.4. The number of likely N-dealkylation sites (N-methyl/N-ethyl adjacent to an activating group) is 1. The zero-order valence-electron chi connectivity index (χ0n) is 9.79. The lowest BCUT2D eigenvalue weighted by atomic mass is 9.84. The van der Waals surface area contributed by atoms with Gasteiger partial charge in [0, 0.05) is 25.4 Å². The van der Waals surface area contributed by atoms with Crippen molar-refractivity contribution in [2.45, 2.75) is 38.1 Å². The van der Waals surface area contributed by atoms with Crippen LogP contribution in [0.4, 0.5) is 4.79 Å². The smallest absolute Gasteiger partial charge is 0.312 e. The Bertz CT molecular complexity index is 246. The third-order valence-electron chi connectivity index (χ3n) is 3.08. The summed E-state index contributed by atoms with van der Waals surface area (Å²) in [4.78, 5) is 21.9. The lowest BCUT2D eigenvalue weighted by Crippen LogP contribution is -2.45. The van der Waals surface area contributed by atoms with Crippen LogP contribution in [0.15, 0.2) is 0 Å². The SMILES string of the molecule is CNC[C@H](CC1CCC(=O)CC1)NC(N)=O. The Hall–Kier alpha value is -1.10. The van der Waals surface area contributed by atoms with Gasteiger partial charge in [0.05, 0.1) is 0 Å². The molecule has 5 heteroatoms. The molecule has 0 heterocycles. The van der Waals surface area contributed by atoms with Crippen molar-refractivity contribution in [2.24, 2.45) is 11.7 Å². The highest BCUT2D eigenvalue weighted by atomic mass is 16.2. The number of Topliss-reactive ketones (excluding diaryl/α,β-unsaturated/α-hetero) is 1. The summed E-state index contributed by atoms with van der Waals surface area (Å²) in [6.45, 7) is 0.716. The van der Waals surface area contributed by atoms with E-state index in [2.05, 4.69) is 10.6 Å². The molecule has 1 saturated carbocycles. The number of nitrogens with two attached hydrogens (primary N) is 1. The van der Waals surface area contributed by atoms with Gasteiger partial charge in [0.15, 0.2) is 0 Å². The third kappa shape index (κ3) is 4.61. The molecule has 0 aromatic rings. The number of primary amides is 1. The van der Waals surface area contributed by atoms with Crippen molar-refractivity contribution in [3.8, 4) is 0 Å². The molecular weight excluding hydrogens is 206 g/mol. The molecule has 0 spiro atoms. The van der Waals surface area contributed by atoms with E-state index in [1.54, 1.807) is 0 Å². The zero-order valence-corrected chi connectivity index (χ0v) is 9.79. The fourth-order valence-corrected chi connectivity index (χ4v) is 2.28. The lowest BCUT2D eigenvalue weighted by molar-refractivity contribution is -0.121. The van der Waals surface area contributed by atoms with Gasteiger partial charge in [-0.25, -0.2) is 4.79 Å². The van der Waals surface area contributed by atoms with Crippen molar-refractivity contribution < 1.29 is 9.59 Å². The molecule has 2 amide bonds. The van der Waals surface area contributed by atoms with Gasteiger partial charge in [-0.15, -0.1) is 0 Å². The minimum absolute atomic E-state index is 0.0701. The number of carbonyl (C=O) groups excluding carboxylic acids is 2. The number of nitrogens with one attached hydrogen (secondary N) is 2. The van der Waals surface area contributed by atoms with Crippen molar-refractivity contribution in [3.63, 3.8) is 0 Å². The highest BCUT2D eigenvalue weighted by Gasteiger charge is 2.22. The van der Waals surface area contributed by atoms with Gasteiger partial charge < -0.3 is 16.4 Å². The highest BCUT2D eigenvalue weighted by molar-refractivity contribution is 5.79. The molecule has 0 aliphatic heterocycles. The van der Waals surface area contributed by atoms with Gasteiger partial charge in [-0.3, -0.25) is 4.79 Å². The van der Waals surface area contributed by atoms with E-state index in [1.165, 1.54) is 0 Å². The second kappa shape index (κ2) is 6.48. The van der Waals surface area contributed by atoms with E-state index < -0.39 is 6.03 Å². The lowest BCUT2D eigenvalue weighted by Gasteiger charge is -2.26. The van der Waals surface area contributed by atoms with E-state index in [0.717, 1.165) is 19.3 Å². The highest BCUT2D eigenvalue weighted by Crippen LogP contribution is 2.25. The summed E-state index contributed by atoms with van der Waals surface area (Å²) in [7, 11) is 1.85. The van der Waals surface area contributed by atoms with Gasteiger partial charge in [0.25, 0.3) is 0 Å². The van der Waals surface area contributed by atoms with Crippen molar-refractivity contribution in [1.82, 2.24) is 10.6 Å². The van der Waals surface area contributed by atoms with Gasteiger partial charge in [-0.2, -0.15) is 0 Å². The van der Waals surface area contributed by atoms with Crippen LogP contribution < -0.4 is 16.4 Å². The molecule has 0 aromatic carbocycles. The molecule has 4 N–H and O–H groups in total. The first-order chi connectivity index (χ1) is 7.61. The Labute approximate surface area is 96.1 Å². The van der Waals surface area contributed by atoms with E-state index in [-0.39, 0.29) is 6.04 Å². The third-order valence-corrected chi connectivity index (χ3v) is 3.08. The average molecular weight is 227 g/mol. The zero-order chi connectivity index (χ0) is 12.0. The van der Waals surface area contributed by atoms with Crippen LogP contribution in [0.25, 0.3) is 0 Å². The molecule has 92 valence electrons. The molecule has 1 aliphatic rings. The summed E-state index contributed by atoms with van der Waals surface area (Å²) in [5.41, 5.74) is 5.12. The molecule has 1 fully saturated rings. The maximum absolute atomic E-state index is 11.1. The first kappa shape index (κ1) is 13.0. The maximum atomic E-state index is 11.1. The number of urea groups is 1. The van der Waals surface area contributed by atoms with E-state index in [1.807, 2.05) is 7.05 Å². The van der Waals surface area contributed by atoms with E-state index in [0.29, 0.717) is 31.1 Å². The topological polar surface area (TPSA) is 84.2 Å². The van der Waals surface area contributed by atoms with E-state index >= 15 is 0 Å². The summed E-state index contributed by atoms with van der Waals surface area (Å²) in [5, 5.41) is 5.77. The number of carbonyl (C=O) groups is 2. The molecule has 5 nitrogen and oxygen atoms in total. The molecule has 1 aliphatic carbocycles. The van der Waals surface area contributed by atoms with Gasteiger partial charge in [-0.1, -0.05) is 0 Å². The largest absolute Gasteiger partial charge is 0.352 e. The molecule has 1 atom stereocenters. The summed E-state index contributed by atoms with van der Waals surface area (Å²) < 4.78 is 0. The predicted octanol–water partition coefficient (Wildman–Crippen LogP) is 0.392. The first-order valence-corrected chi connectivity index (χ1v) is 5.84. The molecule has 0 radical (unpaired) electrons. The van der Waals surface area contributed by atoms with Crippen molar-refractivity contribution in [3.05, 3.63) is 0 Å². The molecule has 0 bridgehead atoms. The van der Waals surface area contributed by atoms with Crippen LogP contribution in [-0.2, 0) is 4.79 Å². The van der Waals surface area contributed by atoms with Crippen LogP contribution in [-0.4, -0.2) is 31.4 Å². The van der Waals surface area contributed by atoms with Gasteiger partial charge in [0.2, 0.25) is 0 Å². The Balaban J connectivity index is 2.35. The fraction of sp³-hybridized carbons (Fsp3) is 0.818. The van der Waals surface area contributed by atoms with Crippen LogP contribution >= 0.6 is 0 Å². The van der Waals surface area contributed by atoms with Crippen molar-refractivity contribution in [1.29, 1.82) is 0 Å². The second-order valence-electron chi connectivity index (χ2n) is 4.48. The van der Waals surface area contributed by atoms with E-state index in [9.17, 15) is 9.59 Å². The monoisotopic (exact) mass is 227 g/mol. The molecule has 1 rings (SSSR count). The number of amides is 2. The minimum atomic E-state index is -0.480. The second-order valence-corrected chi connectivity index (χ2v) is 4.48. The van der Waals surface area contributed by atoms with Crippen LogP contribution in [0, 0.1) is 5.92 Å². The van der Waals surface area contributed by atoms with Crippen LogP contribution in [0.1, 0.15) is 32.1 Å². The number of rotatable bonds is 5. The van der Waals surface area contributed by atoms with Gasteiger partial charge >= 0.3 is 6.03 Å². The summed E-state index contributed by atoms with van der Waals surface area (Å²) in [6.07, 6.45) is 4.16. The Morgan fingerprint density at radius 3 is 2.62 bits per heavy atom. The standard InChI is InChI=1S/C11H21N3O2/c1-13-7-9(14-11(12)16)6-8-2-4-10(15)5-3-8/h8-9,13H,2-7H2,1H3,(H3,12,14,16)/t9-/m0/s1. The van der Waals surface area contributed by atoms with Crippen LogP contribution in [0.5, 0.6) is 0 Å². The minimum Gasteiger partial charge on any atom is -0.352 e. The van der Waals surface area contributed by atoms with Crippen LogP contribution in [0.3, 0.4) is 0 Å². The summed E-state index contributed by atoms with van der Waals surface area (Å²) in [5.74, 6) is 0.896. The quantitative estimate of drug-likeness (QED) is 0.635. The molecule has 0 saturated heterocycles. The van der Waals surface area contributed by atoms with E-state index in [4.69, 9.17) is 5.73 Å². The Morgan fingerprint density at radius 2 is 2.12 bits per heavy atom. The summed E-state index contributed by atoms with van der Waals surface area (Å²) in [6, 6.07) is -0.409. The Kier molecular flexibility index (Phi) is 5.25. The van der Waals surface area contributed by atoms with Crippen LogP contribution in [0.2, 0.25) is 0 Å². The molecule has 0 unspecified atom stereocenters. The molecule has 0 aromatic heterocycles. The first-order valence-electron chi connectivity index (χ1n) is 5.84. The van der Waals surface area contributed by atoms with Gasteiger partial charge in [0.1, 0.15) is 5.78 Å². The number of ketones is 1. The van der Waals surface area contributed by atoms with Crippen molar-refractivity contribution >= 4 is 11.8 Å².